The number of rotatable bonds is 7. The Morgan fingerprint density at radius 2 is 1.78 bits per heavy atom. The summed E-state index contributed by atoms with van der Waals surface area (Å²) in [6.07, 6.45) is -2.90. The molecule has 0 fully saturated rings. The molecule has 4 aromatic rings. The first-order valence-corrected chi connectivity index (χ1v) is 11.6. The molecule has 0 spiro atoms. The predicted octanol–water partition coefficient (Wildman–Crippen LogP) is 5.13. The molecule has 4 rings (SSSR count). The number of amides is 2. The zero-order chi connectivity index (χ0) is 26.7. The number of hydrogen-bond donors (Lipinski definition) is 2. The van der Waals surface area contributed by atoms with Gasteiger partial charge in [0.05, 0.1) is 45.8 Å². The standard InChI is InChI=1S/C26H23ClF3N5O2/c1-34(2)15-24(36)31-13-16-6-11-21(27)19(12-16)25(37)33-22-4-3-5-23-20(22)14-32-35(23)18-9-7-17(8-10-18)26(28,29)30/h3-12,14H,13,15H2,1-2H3,(H,31,36)(H,33,37). The van der Waals surface area contributed by atoms with E-state index in [9.17, 15) is 22.8 Å². The predicted molar refractivity (Wildman–Crippen MR) is 136 cm³/mol. The number of benzene rings is 3. The van der Waals surface area contributed by atoms with Gasteiger partial charge in [0.25, 0.3) is 5.91 Å². The van der Waals surface area contributed by atoms with Crippen LogP contribution in [0.4, 0.5) is 18.9 Å². The SMILES string of the molecule is CN(C)CC(=O)NCc1ccc(Cl)c(C(=O)Nc2cccc3c2cnn3-c2ccc(C(F)(F)F)cc2)c1. The zero-order valence-electron chi connectivity index (χ0n) is 19.9. The molecule has 0 saturated carbocycles. The van der Waals surface area contributed by atoms with Crippen LogP contribution in [-0.4, -0.2) is 47.1 Å². The average molecular weight is 530 g/mol. The van der Waals surface area contributed by atoms with E-state index in [0.717, 1.165) is 12.1 Å². The molecule has 0 aliphatic heterocycles. The first kappa shape index (κ1) is 26.2. The second-order valence-corrected chi connectivity index (χ2v) is 9.03. The van der Waals surface area contributed by atoms with E-state index in [1.54, 1.807) is 55.4 Å². The Kier molecular flexibility index (Phi) is 7.51. The molecule has 2 amide bonds. The molecule has 0 radical (unpaired) electrons. The lowest BCUT2D eigenvalue weighted by molar-refractivity contribution is -0.137. The molecule has 1 aromatic heterocycles. The molecule has 7 nitrogen and oxygen atoms in total. The van der Waals surface area contributed by atoms with E-state index < -0.39 is 17.6 Å². The smallest absolute Gasteiger partial charge is 0.351 e. The maximum absolute atomic E-state index is 13.1. The van der Waals surface area contributed by atoms with Crippen molar-refractivity contribution in [3.05, 3.63) is 88.6 Å². The number of hydrogen-bond acceptors (Lipinski definition) is 4. The van der Waals surface area contributed by atoms with Crippen molar-refractivity contribution in [2.45, 2.75) is 12.7 Å². The Bertz CT molecular complexity index is 1450. The normalized spacial score (nSPS) is 11.6. The minimum atomic E-state index is -4.43. The van der Waals surface area contributed by atoms with Gasteiger partial charge in [-0.3, -0.25) is 9.59 Å². The van der Waals surface area contributed by atoms with Crippen LogP contribution >= 0.6 is 11.6 Å². The van der Waals surface area contributed by atoms with Crippen LogP contribution in [0.1, 0.15) is 21.5 Å². The molecule has 0 atom stereocenters. The largest absolute Gasteiger partial charge is 0.416 e. The Balaban J connectivity index is 1.55. The van der Waals surface area contributed by atoms with Crippen LogP contribution < -0.4 is 10.6 Å². The average Bonchev–Trinajstić information content (AvgIpc) is 3.28. The van der Waals surface area contributed by atoms with Crippen LogP contribution in [0.2, 0.25) is 5.02 Å². The molecule has 0 saturated heterocycles. The van der Waals surface area contributed by atoms with E-state index in [1.165, 1.54) is 23.0 Å². The number of aromatic nitrogens is 2. The fourth-order valence-corrected chi connectivity index (χ4v) is 3.95. The summed E-state index contributed by atoms with van der Waals surface area (Å²) in [6, 6.07) is 14.7. The topological polar surface area (TPSA) is 79.3 Å². The molecule has 3 aromatic carbocycles. The van der Waals surface area contributed by atoms with E-state index in [2.05, 4.69) is 15.7 Å². The van der Waals surface area contributed by atoms with E-state index in [0.29, 0.717) is 27.8 Å². The highest BCUT2D eigenvalue weighted by Gasteiger charge is 2.30. The number of halogens is 4. The fourth-order valence-electron chi connectivity index (χ4n) is 3.75. The minimum Gasteiger partial charge on any atom is -0.351 e. The molecule has 192 valence electrons. The molecule has 0 unspecified atom stereocenters. The maximum Gasteiger partial charge on any atom is 0.416 e. The molecule has 2 N–H and O–H groups in total. The van der Waals surface area contributed by atoms with E-state index in [1.807, 2.05) is 0 Å². The number of likely N-dealkylation sites (N-methyl/N-ethyl adjacent to an activating group) is 1. The van der Waals surface area contributed by atoms with E-state index in [-0.39, 0.29) is 29.6 Å². The Morgan fingerprint density at radius 1 is 1.05 bits per heavy atom. The number of alkyl halides is 3. The van der Waals surface area contributed by atoms with Crippen LogP contribution in [0.15, 0.2) is 66.9 Å². The van der Waals surface area contributed by atoms with E-state index in [4.69, 9.17) is 11.6 Å². The van der Waals surface area contributed by atoms with Gasteiger partial charge in [-0.25, -0.2) is 4.68 Å². The van der Waals surface area contributed by atoms with Crippen LogP contribution in [0.5, 0.6) is 0 Å². The second-order valence-electron chi connectivity index (χ2n) is 8.62. The van der Waals surface area contributed by atoms with E-state index >= 15 is 0 Å². The second kappa shape index (κ2) is 10.6. The van der Waals surface area contributed by atoms with Crippen molar-refractivity contribution in [1.29, 1.82) is 0 Å². The Labute approximate surface area is 215 Å². The molecule has 1 heterocycles. The first-order valence-electron chi connectivity index (χ1n) is 11.2. The summed E-state index contributed by atoms with van der Waals surface area (Å²) in [6.45, 7) is 0.477. The van der Waals surface area contributed by atoms with Gasteiger partial charge in [-0.2, -0.15) is 18.3 Å². The third kappa shape index (κ3) is 6.10. The minimum absolute atomic E-state index is 0.150. The summed E-state index contributed by atoms with van der Waals surface area (Å²) >= 11 is 6.28. The summed E-state index contributed by atoms with van der Waals surface area (Å²) in [5, 5.41) is 10.8. The van der Waals surface area contributed by atoms with Gasteiger partial charge >= 0.3 is 6.18 Å². The first-order chi connectivity index (χ1) is 17.5. The lowest BCUT2D eigenvalue weighted by atomic mass is 10.1. The summed E-state index contributed by atoms with van der Waals surface area (Å²) in [5.74, 6) is -0.607. The van der Waals surface area contributed by atoms with Crippen molar-refractivity contribution in [2.75, 3.05) is 26.0 Å². The van der Waals surface area contributed by atoms with Crippen LogP contribution in [-0.2, 0) is 17.5 Å². The maximum atomic E-state index is 13.1. The monoisotopic (exact) mass is 529 g/mol. The van der Waals surface area contributed by atoms with Crippen LogP contribution in [0.3, 0.4) is 0 Å². The Morgan fingerprint density at radius 3 is 2.46 bits per heavy atom. The van der Waals surface area contributed by atoms with Gasteiger partial charge in [0.2, 0.25) is 5.91 Å². The van der Waals surface area contributed by atoms with Gasteiger partial charge in [0, 0.05) is 11.9 Å². The van der Waals surface area contributed by atoms with Gasteiger partial charge in [-0.15, -0.1) is 0 Å². The number of carbonyl (C=O) groups excluding carboxylic acids is 2. The third-order valence-electron chi connectivity index (χ3n) is 5.53. The number of nitrogens with zero attached hydrogens (tertiary/aromatic N) is 3. The molecular formula is C26H23ClF3N5O2. The summed E-state index contributed by atoms with van der Waals surface area (Å²) in [4.78, 5) is 26.8. The quantitative estimate of drug-likeness (QED) is 0.348. The third-order valence-corrected chi connectivity index (χ3v) is 5.86. The van der Waals surface area contributed by atoms with Gasteiger partial charge in [0.1, 0.15) is 0 Å². The number of carbonyl (C=O) groups is 2. The summed E-state index contributed by atoms with van der Waals surface area (Å²) < 4.78 is 40.2. The van der Waals surface area contributed by atoms with Crippen molar-refractivity contribution < 1.29 is 22.8 Å². The molecule has 11 heteroatoms. The number of fused-ring (bicyclic) bond motifs is 1. The fraction of sp³-hybridized carbons (Fsp3) is 0.192. The highest BCUT2D eigenvalue weighted by Crippen LogP contribution is 2.31. The molecule has 37 heavy (non-hydrogen) atoms. The van der Waals surface area contributed by atoms with Crippen molar-refractivity contribution in [3.8, 4) is 5.69 Å². The van der Waals surface area contributed by atoms with Gasteiger partial charge in [-0.05, 0) is 68.2 Å². The Hall–Kier alpha value is -3.89. The van der Waals surface area contributed by atoms with Crippen molar-refractivity contribution in [1.82, 2.24) is 20.0 Å². The van der Waals surface area contributed by atoms with Gasteiger partial charge < -0.3 is 15.5 Å². The lowest BCUT2D eigenvalue weighted by Gasteiger charge is -2.12. The molecule has 0 aliphatic rings. The summed E-state index contributed by atoms with van der Waals surface area (Å²) in [5.41, 5.74) is 1.68. The van der Waals surface area contributed by atoms with Crippen molar-refractivity contribution in [2.24, 2.45) is 0 Å². The highest BCUT2D eigenvalue weighted by atomic mass is 35.5. The molecule has 0 bridgehead atoms. The molecular weight excluding hydrogens is 507 g/mol. The number of anilines is 1. The van der Waals surface area contributed by atoms with Crippen molar-refractivity contribution in [3.63, 3.8) is 0 Å². The van der Waals surface area contributed by atoms with Crippen molar-refractivity contribution >= 4 is 40.0 Å². The zero-order valence-corrected chi connectivity index (χ0v) is 20.7. The summed E-state index contributed by atoms with van der Waals surface area (Å²) in [7, 11) is 3.58. The van der Waals surface area contributed by atoms with Crippen LogP contribution in [0, 0.1) is 0 Å². The van der Waals surface area contributed by atoms with Gasteiger partial charge in [0.15, 0.2) is 0 Å². The van der Waals surface area contributed by atoms with Gasteiger partial charge in [-0.1, -0.05) is 23.7 Å². The molecule has 0 aliphatic carbocycles. The van der Waals surface area contributed by atoms with Crippen LogP contribution in [0.25, 0.3) is 16.6 Å². The lowest BCUT2D eigenvalue weighted by Crippen LogP contribution is -2.32. The number of nitrogens with one attached hydrogen (secondary N) is 2. The highest BCUT2D eigenvalue weighted by molar-refractivity contribution is 6.34.